The molecule has 0 spiro atoms. The Labute approximate surface area is 117 Å². The average molecular weight is 275 g/mol. The van der Waals surface area contributed by atoms with E-state index in [0.29, 0.717) is 11.4 Å². The van der Waals surface area contributed by atoms with Crippen molar-refractivity contribution in [2.75, 3.05) is 0 Å². The Hall–Kier alpha value is -1.87. The fourth-order valence-electron chi connectivity index (χ4n) is 1.79. The molecule has 4 heteroatoms. The monoisotopic (exact) mass is 274 g/mol. The van der Waals surface area contributed by atoms with Crippen LogP contribution >= 0.6 is 11.6 Å². The summed E-state index contributed by atoms with van der Waals surface area (Å²) < 4.78 is 0. The molecule has 0 aliphatic rings. The van der Waals surface area contributed by atoms with Gasteiger partial charge in [0.05, 0.1) is 18.2 Å². The summed E-state index contributed by atoms with van der Waals surface area (Å²) in [6.07, 6.45) is 2.06. The van der Waals surface area contributed by atoms with E-state index in [1.54, 1.807) is 18.3 Å². The zero-order valence-corrected chi connectivity index (χ0v) is 11.4. The van der Waals surface area contributed by atoms with Gasteiger partial charge in [0.1, 0.15) is 0 Å². The third-order valence-electron chi connectivity index (χ3n) is 2.79. The van der Waals surface area contributed by atoms with E-state index in [1.165, 1.54) is 0 Å². The number of nitrogens with zero attached hydrogens (tertiary/aromatic N) is 1. The zero-order valence-electron chi connectivity index (χ0n) is 10.6. The van der Waals surface area contributed by atoms with Crippen molar-refractivity contribution in [3.05, 3.63) is 64.9 Å². The van der Waals surface area contributed by atoms with Crippen molar-refractivity contribution >= 4 is 17.5 Å². The summed E-state index contributed by atoms with van der Waals surface area (Å²) in [5.41, 5.74) is 1.79. The molecule has 0 aliphatic carbocycles. The lowest BCUT2D eigenvalue weighted by Crippen LogP contribution is -2.28. The van der Waals surface area contributed by atoms with Crippen molar-refractivity contribution < 1.29 is 4.79 Å². The van der Waals surface area contributed by atoms with Gasteiger partial charge in [-0.2, -0.15) is 0 Å². The third-order valence-corrected chi connectivity index (χ3v) is 3.04. The lowest BCUT2D eigenvalue weighted by atomic mass is 10.1. The van der Waals surface area contributed by atoms with Gasteiger partial charge in [0.25, 0.3) is 0 Å². The SMILES string of the molecule is C[C@@H](NC(=O)Cc1ccc(Cl)cc1)c1ccccn1. The Balaban J connectivity index is 1.93. The molecule has 98 valence electrons. The molecule has 1 N–H and O–H groups in total. The molecule has 0 saturated heterocycles. The number of hydrogen-bond donors (Lipinski definition) is 1. The van der Waals surface area contributed by atoms with E-state index >= 15 is 0 Å². The minimum atomic E-state index is -0.0963. The molecule has 1 heterocycles. The largest absolute Gasteiger partial charge is 0.348 e. The smallest absolute Gasteiger partial charge is 0.224 e. The van der Waals surface area contributed by atoms with E-state index in [0.717, 1.165) is 11.3 Å². The summed E-state index contributed by atoms with van der Waals surface area (Å²) in [5.74, 6) is -0.0273. The lowest BCUT2D eigenvalue weighted by Gasteiger charge is -2.13. The van der Waals surface area contributed by atoms with E-state index in [1.807, 2.05) is 37.3 Å². The first-order valence-electron chi connectivity index (χ1n) is 6.10. The lowest BCUT2D eigenvalue weighted by molar-refractivity contribution is -0.121. The van der Waals surface area contributed by atoms with Crippen LogP contribution < -0.4 is 5.32 Å². The maximum absolute atomic E-state index is 11.9. The van der Waals surface area contributed by atoms with Gasteiger partial charge in [-0.15, -0.1) is 0 Å². The summed E-state index contributed by atoms with van der Waals surface area (Å²) in [5, 5.41) is 3.60. The van der Waals surface area contributed by atoms with Crippen LogP contribution in [0.25, 0.3) is 0 Å². The van der Waals surface area contributed by atoms with E-state index < -0.39 is 0 Å². The van der Waals surface area contributed by atoms with Crippen LogP contribution in [0.3, 0.4) is 0 Å². The van der Waals surface area contributed by atoms with Crippen LogP contribution in [0.4, 0.5) is 0 Å². The number of nitrogens with one attached hydrogen (secondary N) is 1. The topological polar surface area (TPSA) is 42.0 Å². The van der Waals surface area contributed by atoms with Gasteiger partial charge >= 0.3 is 0 Å². The van der Waals surface area contributed by atoms with Crippen LogP contribution in [0.15, 0.2) is 48.7 Å². The van der Waals surface area contributed by atoms with E-state index in [-0.39, 0.29) is 11.9 Å². The standard InChI is InChI=1S/C15H15ClN2O/c1-11(14-4-2-3-9-17-14)18-15(19)10-12-5-7-13(16)8-6-12/h2-9,11H,10H2,1H3,(H,18,19)/t11-/m1/s1. The zero-order chi connectivity index (χ0) is 13.7. The molecule has 19 heavy (non-hydrogen) atoms. The number of amides is 1. The van der Waals surface area contributed by atoms with Gasteiger partial charge in [-0.05, 0) is 36.8 Å². The van der Waals surface area contributed by atoms with Gasteiger partial charge in [-0.1, -0.05) is 29.8 Å². The minimum absolute atomic E-state index is 0.0273. The summed E-state index contributed by atoms with van der Waals surface area (Å²) in [6, 6.07) is 12.8. The Bertz CT molecular complexity index is 540. The summed E-state index contributed by atoms with van der Waals surface area (Å²) >= 11 is 5.80. The van der Waals surface area contributed by atoms with Gasteiger partial charge < -0.3 is 5.32 Å². The van der Waals surface area contributed by atoms with Crippen LogP contribution in [0, 0.1) is 0 Å². The highest BCUT2D eigenvalue weighted by Crippen LogP contribution is 2.11. The number of benzene rings is 1. The first kappa shape index (κ1) is 13.6. The number of halogens is 1. The van der Waals surface area contributed by atoms with Crippen LogP contribution in [0.5, 0.6) is 0 Å². The molecule has 0 fully saturated rings. The van der Waals surface area contributed by atoms with Crippen molar-refractivity contribution in [2.24, 2.45) is 0 Å². The van der Waals surface area contributed by atoms with Gasteiger partial charge in [-0.25, -0.2) is 0 Å². The number of pyridine rings is 1. The first-order chi connectivity index (χ1) is 9.15. The molecule has 2 rings (SSSR count). The fourth-order valence-corrected chi connectivity index (χ4v) is 1.91. The van der Waals surface area contributed by atoms with Crippen molar-refractivity contribution in [3.8, 4) is 0 Å². The van der Waals surface area contributed by atoms with Gasteiger partial charge in [0, 0.05) is 11.2 Å². The predicted octanol–water partition coefficient (Wildman–Crippen LogP) is 3.15. The van der Waals surface area contributed by atoms with Gasteiger partial charge in [0.15, 0.2) is 0 Å². The van der Waals surface area contributed by atoms with E-state index in [4.69, 9.17) is 11.6 Å². The Morgan fingerprint density at radius 2 is 2.00 bits per heavy atom. The molecule has 1 amide bonds. The second-order valence-corrected chi connectivity index (χ2v) is 4.78. The van der Waals surface area contributed by atoms with E-state index in [2.05, 4.69) is 10.3 Å². The molecule has 0 aliphatic heterocycles. The predicted molar refractivity (Wildman–Crippen MR) is 76.0 cm³/mol. The molecule has 0 saturated carbocycles. The molecule has 0 bridgehead atoms. The van der Waals surface area contributed by atoms with Gasteiger partial charge in [-0.3, -0.25) is 9.78 Å². The number of carbonyl (C=O) groups excluding carboxylic acids is 1. The van der Waals surface area contributed by atoms with Gasteiger partial charge in [0.2, 0.25) is 5.91 Å². The Morgan fingerprint density at radius 1 is 1.26 bits per heavy atom. The average Bonchev–Trinajstić information content (AvgIpc) is 2.42. The highest BCUT2D eigenvalue weighted by molar-refractivity contribution is 6.30. The van der Waals surface area contributed by atoms with Crippen molar-refractivity contribution in [2.45, 2.75) is 19.4 Å². The fraction of sp³-hybridized carbons (Fsp3) is 0.200. The van der Waals surface area contributed by atoms with Crippen LogP contribution in [-0.4, -0.2) is 10.9 Å². The van der Waals surface area contributed by atoms with Crippen molar-refractivity contribution in [3.63, 3.8) is 0 Å². The highest BCUT2D eigenvalue weighted by atomic mass is 35.5. The summed E-state index contributed by atoms with van der Waals surface area (Å²) in [6.45, 7) is 1.92. The quantitative estimate of drug-likeness (QED) is 0.931. The Morgan fingerprint density at radius 3 is 2.63 bits per heavy atom. The van der Waals surface area contributed by atoms with Crippen molar-refractivity contribution in [1.29, 1.82) is 0 Å². The highest BCUT2D eigenvalue weighted by Gasteiger charge is 2.10. The molecule has 1 aromatic heterocycles. The van der Waals surface area contributed by atoms with Crippen molar-refractivity contribution in [1.82, 2.24) is 10.3 Å². The van der Waals surface area contributed by atoms with E-state index in [9.17, 15) is 4.79 Å². The number of aromatic nitrogens is 1. The second-order valence-electron chi connectivity index (χ2n) is 4.35. The number of carbonyl (C=O) groups is 1. The molecule has 1 aromatic carbocycles. The minimum Gasteiger partial charge on any atom is -0.348 e. The summed E-state index contributed by atoms with van der Waals surface area (Å²) in [4.78, 5) is 16.1. The second kappa shape index (κ2) is 6.34. The number of rotatable bonds is 4. The third kappa shape index (κ3) is 4.07. The van der Waals surface area contributed by atoms with Crippen LogP contribution in [-0.2, 0) is 11.2 Å². The molecule has 1 atom stereocenters. The van der Waals surface area contributed by atoms with Crippen LogP contribution in [0.2, 0.25) is 5.02 Å². The first-order valence-corrected chi connectivity index (χ1v) is 6.47. The molecular weight excluding hydrogens is 260 g/mol. The molecule has 0 unspecified atom stereocenters. The Kier molecular flexibility index (Phi) is 4.53. The molecule has 2 aromatic rings. The van der Waals surface area contributed by atoms with Crippen LogP contribution in [0.1, 0.15) is 24.2 Å². The molecular formula is C15H15ClN2O. The molecule has 3 nitrogen and oxygen atoms in total. The molecule has 0 radical (unpaired) electrons. The normalized spacial score (nSPS) is 11.9. The number of hydrogen-bond acceptors (Lipinski definition) is 2. The summed E-state index contributed by atoms with van der Waals surface area (Å²) in [7, 11) is 0. The maximum Gasteiger partial charge on any atom is 0.224 e. The maximum atomic E-state index is 11.9.